The maximum absolute atomic E-state index is 9.18. The monoisotopic (exact) mass is 199 g/mol. The lowest BCUT2D eigenvalue weighted by atomic mass is 10.1. The van der Waals surface area contributed by atoms with Crippen molar-refractivity contribution in [1.82, 2.24) is 5.32 Å². The van der Waals surface area contributed by atoms with E-state index in [0.29, 0.717) is 0 Å². The highest BCUT2D eigenvalue weighted by Gasteiger charge is 2.36. The Balaban J connectivity index is 0.00000121. The lowest BCUT2D eigenvalue weighted by molar-refractivity contribution is -0.00977. The minimum atomic E-state index is -1.01. The molecule has 0 spiro atoms. The standard InChI is InChI=1S/C6H13NO4.ClH/c8-2-4(10)5-6(11)3(9)1-7-5;/h3-11H,1-2H2;1H. The van der Waals surface area contributed by atoms with Gasteiger partial charge in [0.05, 0.1) is 31.0 Å². The molecule has 1 fully saturated rings. The molecule has 6 heteroatoms. The highest BCUT2D eigenvalue weighted by molar-refractivity contribution is 5.85. The molecule has 1 heterocycles. The van der Waals surface area contributed by atoms with Gasteiger partial charge in [0.15, 0.2) is 0 Å². The van der Waals surface area contributed by atoms with Crippen molar-refractivity contribution in [2.75, 3.05) is 13.2 Å². The first kappa shape index (κ1) is 12.1. The maximum Gasteiger partial charge on any atom is 0.0990 e. The van der Waals surface area contributed by atoms with E-state index in [1.54, 1.807) is 0 Å². The second-order valence-corrected chi connectivity index (χ2v) is 2.74. The Bertz CT molecular complexity index is 137. The Labute approximate surface area is 76.4 Å². The molecular weight excluding hydrogens is 186 g/mol. The number of aliphatic hydroxyl groups excluding tert-OH is 4. The third-order valence-corrected chi connectivity index (χ3v) is 1.93. The van der Waals surface area contributed by atoms with Gasteiger partial charge in [-0.2, -0.15) is 0 Å². The highest BCUT2D eigenvalue weighted by atomic mass is 35.5. The summed E-state index contributed by atoms with van der Waals surface area (Å²) in [6.45, 7) is -0.162. The molecule has 0 aromatic heterocycles. The van der Waals surface area contributed by atoms with Gasteiger partial charge < -0.3 is 25.7 Å². The number of β-amino-alcohol motifs (C(OH)–C–C–N with tert-alkyl or cyclic N) is 1. The van der Waals surface area contributed by atoms with Gasteiger partial charge in [0.1, 0.15) is 0 Å². The number of aliphatic hydroxyl groups is 4. The molecule has 0 aromatic rings. The average Bonchev–Trinajstić information content (AvgIpc) is 2.32. The average molecular weight is 200 g/mol. The molecule has 4 atom stereocenters. The molecule has 0 aromatic carbocycles. The zero-order valence-corrected chi connectivity index (χ0v) is 7.24. The smallest absolute Gasteiger partial charge is 0.0990 e. The Morgan fingerprint density at radius 3 is 2.33 bits per heavy atom. The molecule has 5 N–H and O–H groups in total. The van der Waals surface area contributed by atoms with Gasteiger partial charge in [-0.15, -0.1) is 12.4 Å². The minimum absolute atomic E-state index is 0. The van der Waals surface area contributed by atoms with Crippen LogP contribution in [0.5, 0.6) is 0 Å². The summed E-state index contributed by atoms with van der Waals surface area (Å²) in [6.07, 6.45) is -2.85. The summed E-state index contributed by atoms with van der Waals surface area (Å²) in [5, 5.41) is 38.5. The van der Waals surface area contributed by atoms with Gasteiger partial charge in [-0.25, -0.2) is 0 Å². The van der Waals surface area contributed by atoms with Crippen molar-refractivity contribution in [2.45, 2.75) is 24.4 Å². The van der Waals surface area contributed by atoms with Crippen molar-refractivity contribution in [3.05, 3.63) is 0 Å². The van der Waals surface area contributed by atoms with Crippen LogP contribution in [0.15, 0.2) is 0 Å². The third-order valence-electron chi connectivity index (χ3n) is 1.93. The third kappa shape index (κ3) is 2.29. The highest BCUT2D eigenvalue weighted by Crippen LogP contribution is 2.10. The second-order valence-electron chi connectivity index (χ2n) is 2.74. The summed E-state index contributed by atoms with van der Waals surface area (Å²) in [7, 11) is 0. The zero-order chi connectivity index (χ0) is 8.43. The van der Waals surface area contributed by atoms with Crippen molar-refractivity contribution in [2.24, 2.45) is 0 Å². The quantitative estimate of drug-likeness (QED) is 0.338. The van der Waals surface area contributed by atoms with Gasteiger partial charge in [0.2, 0.25) is 0 Å². The molecule has 0 radical (unpaired) electrons. The molecule has 4 unspecified atom stereocenters. The second kappa shape index (κ2) is 4.96. The van der Waals surface area contributed by atoms with Crippen LogP contribution >= 0.6 is 12.4 Å². The van der Waals surface area contributed by atoms with E-state index in [1.165, 1.54) is 0 Å². The predicted octanol–water partition coefficient (Wildman–Crippen LogP) is -2.54. The van der Waals surface area contributed by atoms with Gasteiger partial charge in [-0.1, -0.05) is 0 Å². The molecule has 0 saturated carbocycles. The fourth-order valence-electron chi connectivity index (χ4n) is 1.21. The van der Waals surface area contributed by atoms with Crippen LogP contribution in [0, 0.1) is 0 Å². The first-order valence-corrected chi connectivity index (χ1v) is 3.55. The molecule has 0 bridgehead atoms. The van der Waals surface area contributed by atoms with Crippen LogP contribution in [0.4, 0.5) is 0 Å². The molecule has 1 saturated heterocycles. The summed E-state index contributed by atoms with van der Waals surface area (Å²) in [6, 6.07) is -0.616. The molecule has 1 aliphatic heterocycles. The first-order valence-electron chi connectivity index (χ1n) is 3.55. The van der Waals surface area contributed by atoms with Crippen LogP contribution in [0.25, 0.3) is 0 Å². The van der Waals surface area contributed by atoms with E-state index < -0.39 is 31.0 Å². The largest absolute Gasteiger partial charge is 0.394 e. The first-order chi connectivity index (χ1) is 5.16. The van der Waals surface area contributed by atoms with Gasteiger partial charge in [-0.05, 0) is 0 Å². The van der Waals surface area contributed by atoms with E-state index in [2.05, 4.69) is 5.32 Å². The summed E-state index contributed by atoms with van der Waals surface area (Å²) in [4.78, 5) is 0. The topological polar surface area (TPSA) is 93.0 Å². The zero-order valence-electron chi connectivity index (χ0n) is 6.42. The summed E-state index contributed by atoms with van der Waals surface area (Å²) < 4.78 is 0. The van der Waals surface area contributed by atoms with E-state index in [0.717, 1.165) is 0 Å². The van der Waals surface area contributed by atoms with Crippen LogP contribution in [0.2, 0.25) is 0 Å². The Morgan fingerprint density at radius 1 is 1.42 bits per heavy atom. The maximum atomic E-state index is 9.18. The normalized spacial score (nSPS) is 37.5. The molecule has 74 valence electrons. The Hall–Kier alpha value is 0.0900. The summed E-state index contributed by atoms with van der Waals surface area (Å²) in [5.74, 6) is 0. The predicted molar refractivity (Wildman–Crippen MR) is 44.1 cm³/mol. The van der Waals surface area contributed by atoms with Gasteiger partial charge in [0, 0.05) is 6.54 Å². The van der Waals surface area contributed by atoms with Crippen molar-refractivity contribution >= 4 is 12.4 Å². The van der Waals surface area contributed by atoms with Crippen LogP contribution in [0.3, 0.4) is 0 Å². The van der Waals surface area contributed by atoms with E-state index in [4.69, 9.17) is 15.3 Å². The van der Waals surface area contributed by atoms with Crippen LogP contribution in [-0.4, -0.2) is 57.9 Å². The van der Waals surface area contributed by atoms with Crippen molar-refractivity contribution in [3.8, 4) is 0 Å². The van der Waals surface area contributed by atoms with Crippen molar-refractivity contribution in [3.63, 3.8) is 0 Å². The van der Waals surface area contributed by atoms with Gasteiger partial charge in [0.25, 0.3) is 0 Å². The van der Waals surface area contributed by atoms with E-state index >= 15 is 0 Å². The molecule has 12 heavy (non-hydrogen) atoms. The number of hydrogen-bond donors (Lipinski definition) is 5. The van der Waals surface area contributed by atoms with Gasteiger partial charge in [-0.3, -0.25) is 0 Å². The molecular formula is C6H14ClNO4. The van der Waals surface area contributed by atoms with E-state index in [1.807, 2.05) is 0 Å². The number of nitrogens with one attached hydrogen (secondary N) is 1. The molecule has 1 aliphatic rings. The minimum Gasteiger partial charge on any atom is -0.394 e. The fraction of sp³-hybridized carbons (Fsp3) is 1.00. The van der Waals surface area contributed by atoms with Crippen molar-refractivity contribution < 1.29 is 20.4 Å². The van der Waals surface area contributed by atoms with Crippen LogP contribution in [0.1, 0.15) is 0 Å². The SMILES string of the molecule is Cl.OCC(O)C1NCC(O)C1O. The molecule has 0 aliphatic carbocycles. The lowest BCUT2D eigenvalue weighted by Gasteiger charge is -2.19. The lowest BCUT2D eigenvalue weighted by Crippen LogP contribution is -2.44. The number of hydrogen-bond acceptors (Lipinski definition) is 5. The Morgan fingerprint density at radius 2 is 2.00 bits per heavy atom. The number of rotatable bonds is 2. The molecule has 0 amide bonds. The van der Waals surface area contributed by atoms with Crippen LogP contribution < -0.4 is 5.32 Å². The molecule has 5 nitrogen and oxygen atoms in total. The number of halogens is 1. The van der Waals surface area contributed by atoms with Crippen molar-refractivity contribution in [1.29, 1.82) is 0 Å². The summed E-state index contributed by atoms with van der Waals surface area (Å²) >= 11 is 0. The van der Waals surface area contributed by atoms with E-state index in [9.17, 15) is 5.11 Å². The molecule has 1 rings (SSSR count). The summed E-state index contributed by atoms with van der Waals surface area (Å²) in [5.41, 5.74) is 0. The van der Waals surface area contributed by atoms with Crippen LogP contribution in [-0.2, 0) is 0 Å². The van der Waals surface area contributed by atoms with Gasteiger partial charge >= 0.3 is 0 Å². The Kier molecular flexibility index (Phi) is 5.00. The fourth-order valence-corrected chi connectivity index (χ4v) is 1.21. The van der Waals surface area contributed by atoms with E-state index in [-0.39, 0.29) is 19.0 Å².